The lowest BCUT2D eigenvalue weighted by atomic mass is 9.88. The fourth-order valence-electron chi connectivity index (χ4n) is 2.92. The first-order chi connectivity index (χ1) is 9.62. The maximum absolute atomic E-state index is 5.21. The summed E-state index contributed by atoms with van der Waals surface area (Å²) in [6, 6.07) is 4.67. The van der Waals surface area contributed by atoms with E-state index >= 15 is 0 Å². The molecule has 0 amide bonds. The number of piperazine rings is 1. The Hall–Kier alpha value is -1.13. The van der Waals surface area contributed by atoms with Gasteiger partial charge in [-0.3, -0.25) is 4.90 Å². The molecule has 1 fully saturated rings. The molecule has 112 valence electrons. The summed E-state index contributed by atoms with van der Waals surface area (Å²) in [6.45, 7) is 9.97. The van der Waals surface area contributed by atoms with E-state index in [0.717, 1.165) is 19.6 Å². The maximum Gasteiger partial charge on any atom is 0.213 e. The van der Waals surface area contributed by atoms with Crippen molar-refractivity contribution >= 4 is 0 Å². The van der Waals surface area contributed by atoms with Gasteiger partial charge in [0, 0.05) is 43.5 Å². The van der Waals surface area contributed by atoms with E-state index in [1.807, 2.05) is 12.3 Å². The summed E-state index contributed by atoms with van der Waals surface area (Å²) in [5.74, 6) is 0.697. The van der Waals surface area contributed by atoms with E-state index in [9.17, 15) is 0 Å². The third kappa shape index (κ3) is 3.30. The van der Waals surface area contributed by atoms with Gasteiger partial charge in [0.05, 0.1) is 7.11 Å². The summed E-state index contributed by atoms with van der Waals surface area (Å²) < 4.78 is 5.21. The first-order valence-corrected chi connectivity index (χ1v) is 7.60. The van der Waals surface area contributed by atoms with E-state index in [4.69, 9.17) is 4.74 Å². The van der Waals surface area contributed by atoms with Gasteiger partial charge in [-0.15, -0.1) is 0 Å². The molecule has 2 rings (SSSR count). The smallest absolute Gasteiger partial charge is 0.213 e. The molecule has 4 nitrogen and oxygen atoms in total. The van der Waals surface area contributed by atoms with Crippen LogP contribution >= 0.6 is 0 Å². The van der Waals surface area contributed by atoms with Crippen molar-refractivity contribution in [3.8, 4) is 5.88 Å². The minimum atomic E-state index is 0.267. The van der Waals surface area contributed by atoms with Crippen LogP contribution in [0.15, 0.2) is 18.3 Å². The molecule has 1 aliphatic rings. The molecule has 0 aromatic carbocycles. The molecular weight excluding hydrogens is 250 g/mol. The molecule has 1 aromatic heterocycles. The van der Waals surface area contributed by atoms with E-state index in [0.29, 0.717) is 11.9 Å². The zero-order valence-corrected chi connectivity index (χ0v) is 13.1. The lowest BCUT2D eigenvalue weighted by Crippen LogP contribution is -2.62. The number of methoxy groups -OCH3 is 1. The summed E-state index contributed by atoms with van der Waals surface area (Å²) in [5, 5.41) is 3.74. The number of ether oxygens (including phenoxy) is 1. The predicted octanol–water partition coefficient (Wildman–Crippen LogP) is 2.44. The SMILES string of the molecule is CCC1(CC)CN(Cc2ccnc(OC)c2)C(C)CN1. The average Bonchev–Trinajstić information content (AvgIpc) is 2.50. The third-order valence-electron chi connectivity index (χ3n) is 4.65. The topological polar surface area (TPSA) is 37.4 Å². The summed E-state index contributed by atoms with van der Waals surface area (Å²) in [6.07, 6.45) is 4.17. The largest absolute Gasteiger partial charge is 0.481 e. The molecule has 0 saturated carbocycles. The summed E-state index contributed by atoms with van der Waals surface area (Å²) in [7, 11) is 1.67. The third-order valence-corrected chi connectivity index (χ3v) is 4.65. The molecule has 0 aliphatic carbocycles. The highest BCUT2D eigenvalue weighted by Gasteiger charge is 2.34. The zero-order chi connectivity index (χ0) is 14.6. The van der Waals surface area contributed by atoms with Crippen LogP contribution in [-0.4, -0.2) is 41.7 Å². The standard InChI is InChI=1S/C16H27N3O/c1-5-16(6-2)12-19(13(3)10-18-16)11-14-7-8-17-15(9-14)20-4/h7-9,13,18H,5-6,10-12H2,1-4H3. The second-order valence-corrected chi connectivity index (χ2v) is 5.83. The van der Waals surface area contributed by atoms with E-state index in [1.54, 1.807) is 7.11 Å². The van der Waals surface area contributed by atoms with Crippen LogP contribution in [0.2, 0.25) is 0 Å². The van der Waals surface area contributed by atoms with Gasteiger partial charge in [-0.2, -0.15) is 0 Å². The highest BCUT2D eigenvalue weighted by Crippen LogP contribution is 2.24. The molecule has 1 unspecified atom stereocenters. The van der Waals surface area contributed by atoms with E-state index in [1.165, 1.54) is 18.4 Å². The predicted molar refractivity (Wildman–Crippen MR) is 82.0 cm³/mol. The Kier molecular flexibility index (Phi) is 5.00. The lowest BCUT2D eigenvalue weighted by Gasteiger charge is -2.46. The molecule has 20 heavy (non-hydrogen) atoms. The molecule has 0 radical (unpaired) electrons. The molecule has 2 heterocycles. The Morgan fingerprint density at radius 3 is 2.85 bits per heavy atom. The Morgan fingerprint density at radius 1 is 1.45 bits per heavy atom. The number of nitrogens with zero attached hydrogens (tertiary/aromatic N) is 2. The van der Waals surface area contributed by atoms with Gasteiger partial charge in [-0.1, -0.05) is 13.8 Å². The van der Waals surface area contributed by atoms with Crippen LogP contribution < -0.4 is 10.1 Å². The molecular formula is C16H27N3O. The minimum Gasteiger partial charge on any atom is -0.481 e. The first-order valence-electron chi connectivity index (χ1n) is 7.60. The van der Waals surface area contributed by atoms with Crippen LogP contribution in [0.3, 0.4) is 0 Å². The number of nitrogens with one attached hydrogen (secondary N) is 1. The highest BCUT2D eigenvalue weighted by molar-refractivity contribution is 5.20. The quantitative estimate of drug-likeness (QED) is 0.897. The fourth-order valence-corrected chi connectivity index (χ4v) is 2.92. The molecule has 1 saturated heterocycles. The van der Waals surface area contributed by atoms with Gasteiger partial charge in [-0.05, 0) is 31.4 Å². The van der Waals surface area contributed by atoms with Crippen molar-refractivity contribution in [2.24, 2.45) is 0 Å². The van der Waals surface area contributed by atoms with E-state index < -0.39 is 0 Å². The second-order valence-electron chi connectivity index (χ2n) is 5.83. The van der Waals surface area contributed by atoms with Gasteiger partial charge < -0.3 is 10.1 Å². The maximum atomic E-state index is 5.21. The average molecular weight is 277 g/mol. The van der Waals surface area contributed by atoms with Crippen LogP contribution in [0.4, 0.5) is 0 Å². The molecule has 4 heteroatoms. The number of rotatable bonds is 5. The Balaban J connectivity index is 2.09. The number of pyridine rings is 1. The Morgan fingerprint density at radius 2 is 2.20 bits per heavy atom. The lowest BCUT2D eigenvalue weighted by molar-refractivity contribution is 0.0745. The van der Waals surface area contributed by atoms with Crippen molar-refractivity contribution in [1.29, 1.82) is 0 Å². The fraction of sp³-hybridized carbons (Fsp3) is 0.688. The number of hydrogen-bond acceptors (Lipinski definition) is 4. The van der Waals surface area contributed by atoms with E-state index in [-0.39, 0.29) is 5.54 Å². The van der Waals surface area contributed by atoms with Gasteiger partial charge in [0.2, 0.25) is 5.88 Å². The summed E-state index contributed by atoms with van der Waals surface area (Å²) in [4.78, 5) is 6.75. The molecule has 1 N–H and O–H groups in total. The Labute approximate surface area is 122 Å². The van der Waals surface area contributed by atoms with E-state index in [2.05, 4.69) is 42.0 Å². The molecule has 1 atom stereocenters. The normalized spacial score (nSPS) is 22.7. The van der Waals surface area contributed by atoms with Crippen molar-refractivity contribution in [1.82, 2.24) is 15.2 Å². The van der Waals surface area contributed by atoms with Crippen LogP contribution in [0, 0.1) is 0 Å². The van der Waals surface area contributed by atoms with Crippen molar-refractivity contribution in [3.63, 3.8) is 0 Å². The van der Waals surface area contributed by atoms with Crippen molar-refractivity contribution in [2.45, 2.75) is 51.7 Å². The summed E-state index contributed by atoms with van der Waals surface area (Å²) >= 11 is 0. The highest BCUT2D eigenvalue weighted by atomic mass is 16.5. The molecule has 0 bridgehead atoms. The minimum absolute atomic E-state index is 0.267. The first kappa shape index (κ1) is 15.3. The van der Waals surface area contributed by atoms with Crippen molar-refractivity contribution in [2.75, 3.05) is 20.2 Å². The van der Waals surface area contributed by atoms with Gasteiger partial charge in [0.15, 0.2) is 0 Å². The number of hydrogen-bond donors (Lipinski definition) is 1. The van der Waals surface area contributed by atoms with Crippen LogP contribution in [0.5, 0.6) is 5.88 Å². The van der Waals surface area contributed by atoms with Crippen LogP contribution in [0.25, 0.3) is 0 Å². The Bertz CT molecular complexity index is 431. The van der Waals surface area contributed by atoms with Gasteiger partial charge in [-0.25, -0.2) is 4.98 Å². The van der Waals surface area contributed by atoms with Gasteiger partial charge in [0.1, 0.15) is 0 Å². The van der Waals surface area contributed by atoms with Crippen molar-refractivity contribution in [3.05, 3.63) is 23.9 Å². The number of aromatic nitrogens is 1. The van der Waals surface area contributed by atoms with Crippen LogP contribution in [-0.2, 0) is 6.54 Å². The second kappa shape index (κ2) is 6.55. The van der Waals surface area contributed by atoms with Gasteiger partial charge >= 0.3 is 0 Å². The zero-order valence-electron chi connectivity index (χ0n) is 13.1. The molecule has 0 spiro atoms. The monoisotopic (exact) mass is 277 g/mol. The summed E-state index contributed by atoms with van der Waals surface area (Å²) in [5.41, 5.74) is 1.54. The van der Waals surface area contributed by atoms with Crippen LogP contribution in [0.1, 0.15) is 39.2 Å². The van der Waals surface area contributed by atoms with Gasteiger partial charge in [0.25, 0.3) is 0 Å². The van der Waals surface area contributed by atoms with Crippen molar-refractivity contribution < 1.29 is 4.74 Å². The molecule has 1 aromatic rings. The molecule has 1 aliphatic heterocycles.